The van der Waals surface area contributed by atoms with E-state index in [1.807, 2.05) is 6.92 Å². The lowest BCUT2D eigenvalue weighted by molar-refractivity contribution is -0.120. The molecule has 10 heteroatoms. The van der Waals surface area contributed by atoms with Crippen LogP contribution in [0.4, 0.5) is 0 Å². The second kappa shape index (κ2) is 8.31. The molecule has 0 atom stereocenters. The van der Waals surface area contributed by atoms with E-state index >= 15 is 0 Å². The average Bonchev–Trinajstić information content (AvgIpc) is 3.13. The van der Waals surface area contributed by atoms with Crippen molar-refractivity contribution in [3.8, 4) is 5.75 Å². The first-order chi connectivity index (χ1) is 11.9. The van der Waals surface area contributed by atoms with Crippen LogP contribution in [0.15, 0.2) is 47.5 Å². The fourth-order valence-electron chi connectivity index (χ4n) is 1.84. The van der Waals surface area contributed by atoms with Crippen molar-refractivity contribution in [2.24, 2.45) is 0 Å². The Balaban J connectivity index is 1.84. The topological polar surface area (TPSA) is 129 Å². The van der Waals surface area contributed by atoms with E-state index in [0.29, 0.717) is 12.4 Å². The van der Waals surface area contributed by atoms with Crippen LogP contribution in [-0.2, 0) is 14.8 Å². The van der Waals surface area contributed by atoms with E-state index in [1.165, 1.54) is 30.3 Å². The Kier molecular flexibility index (Phi) is 6.14. The Morgan fingerprint density at radius 1 is 1.12 bits per heavy atom. The largest absolute Gasteiger partial charge is 0.494 e. The molecule has 2 aromatic rings. The van der Waals surface area contributed by atoms with Crippen molar-refractivity contribution in [2.45, 2.75) is 11.8 Å². The number of aromatic nitrogens is 1. The molecule has 1 aromatic carbocycles. The van der Waals surface area contributed by atoms with Crippen molar-refractivity contribution in [1.29, 1.82) is 0 Å². The quantitative estimate of drug-likeness (QED) is 0.519. The van der Waals surface area contributed by atoms with Gasteiger partial charge in [0.05, 0.1) is 18.0 Å². The molecule has 9 nitrogen and oxygen atoms in total. The van der Waals surface area contributed by atoms with Crippen LogP contribution in [0, 0.1) is 0 Å². The third-order valence-electron chi connectivity index (χ3n) is 3.03. The number of amides is 2. The maximum atomic E-state index is 12.1. The fourth-order valence-corrected chi connectivity index (χ4v) is 2.82. The number of rotatable bonds is 7. The summed E-state index contributed by atoms with van der Waals surface area (Å²) in [6.07, 6.45) is 1.56. The van der Waals surface area contributed by atoms with Crippen LogP contribution in [0.3, 0.4) is 0 Å². The Morgan fingerprint density at radius 2 is 1.84 bits per heavy atom. The third kappa shape index (κ3) is 5.33. The number of benzene rings is 1. The van der Waals surface area contributed by atoms with Gasteiger partial charge in [-0.15, -0.1) is 0 Å². The molecule has 4 N–H and O–H groups in total. The molecule has 25 heavy (non-hydrogen) atoms. The minimum absolute atomic E-state index is 0.000765. The number of H-pyrrole nitrogens is 1. The molecule has 134 valence electrons. The van der Waals surface area contributed by atoms with Crippen LogP contribution < -0.4 is 20.3 Å². The average molecular weight is 366 g/mol. The van der Waals surface area contributed by atoms with Crippen LogP contribution in [0.25, 0.3) is 0 Å². The Bertz CT molecular complexity index is 816. The van der Waals surface area contributed by atoms with E-state index in [1.54, 1.807) is 12.3 Å². The number of carbonyl (C=O) groups is 2. The van der Waals surface area contributed by atoms with Gasteiger partial charge < -0.3 is 9.72 Å². The zero-order valence-electron chi connectivity index (χ0n) is 13.4. The van der Waals surface area contributed by atoms with Gasteiger partial charge >= 0.3 is 0 Å². The van der Waals surface area contributed by atoms with Crippen molar-refractivity contribution >= 4 is 21.8 Å². The fraction of sp³-hybridized carbons (Fsp3) is 0.200. The van der Waals surface area contributed by atoms with Crippen LogP contribution in [-0.4, -0.2) is 38.4 Å². The van der Waals surface area contributed by atoms with Crippen LogP contribution >= 0.6 is 0 Å². The summed E-state index contributed by atoms with van der Waals surface area (Å²) >= 11 is 0. The Hall–Kier alpha value is -2.85. The van der Waals surface area contributed by atoms with Gasteiger partial charge in [-0.1, -0.05) is 0 Å². The van der Waals surface area contributed by atoms with E-state index in [2.05, 4.69) is 20.6 Å². The number of sulfonamides is 1. The first-order valence-electron chi connectivity index (χ1n) is 7.37. The van der Waals surface area contributed by atoms with E-state index < -0.39 is 28.4 Å². The molecule has 0 saturated carbocycles. The van der Waals surface area contributed by atoms with Gasteiger partial charge in [-0.05, 0) is 43.3 Å². The summed E-state index contributed by atoms with van der Waals surface area (Å²) in [5, 5.41) is 0. The summed E-state index contributed by atoms with van der Waals surface area (Å²) in [4.78, 5) is 25.9. The number of hydrogen-bond acceptors (Lipinski definition) is 5. The first-order valence-corrected chi connectivity index (χ1v) is 8.86. The number of hydrogen-bond donors (Lipinski definition) is 4. The molecule has 0 saturated heterocycles. The molecule has 1 heterocycles. The first kappa shape index (κ1) is 18.5. The molecule has 0 spiro atoms. The highest BCUT2D eigenvalue weighted by molar-refractivity contribution is 7.89. The van der Waals surface area contributed by atoms with Gasteiger partial charge in [0.2, 0.25) is 10.0 Å². The zero-order valence-corrected chi connectivity index (χ0v) is 14.2. The SMILES string of the molecule is CCOc1ccc(S(=O)(=O)NCC(=O)NNC(=O)c2ccc[nH]2)cc1. The third-order valence-corrected chi connectivity index (χ3v) is 4.44. The summed E-state index contributed by atoms with van der Waals surface area (Å²) in [6, 6.07) is 8.94. The van der Waals surface area contributed by atoms with E-state index in [-0.39, 0.29) is 10.6 Å². The number of nitrogens with one attached hydrogen (secondary N) is 4. The molecule has 2 rings (SSSR count). The molecular formula is C15H18N4O5S. The molecule has 0 aliphatic rings. The summed E-state index contributed by atoms with van der Waals surface area (Å²) < 4.78 is 31.6. The highest BCUT2D eigenvalue weighted by Gasteiger charge is 2.16. The monoisotopic (exact) mass is 366 g/mol. The zero-order chi connectivity index (χ0) is 18.3. The van der Waals surface area contributed by atoms with Crippen molar-refractivity contribution in [2.75, 3.05) is 13.2 Å². The van der Waals surface area contributed by atoms with Crippen LogP contribution in [0.5, 0.6) is 5.75 Å². The number of ether oxygens (including phenoxy) is 1. The lowest BCUT2D eigenvalue weighted by Crippen LogP contribution is -2.46. The predicted octanol–water partition coefficient (Wildman–Crippen LogP) is 0.153. The molecule has 0 fully saturated rings. The van der Waals surface area contributed by atoms with Gasteiger partial charge in [0.1, 0.15) is 11.4 Å². The standard InChI is InChI=1S/C15H18N4O5S/c1-2-24-11-5-7-12(8-6-11)25(22,23)17-10-14(20)18-19-15(21)13-4-3-9-16-13/h3-9,16-17H,2,10H2,1H3,(H,18,20)(H,19,21). The van der Waals surface area contributed by atoms with Gasteiger partial charge in [0.25, 0.3) is 11.8 Å². The lowest BCUT2D eigenvalue weighted by Gasteiger charge is -2.09. The van der Waals surface area contributed by atoms with Gasteiger partial charge in [-0.2, -0.15) is 0 Å². The van der Waals surface area contributed by atoms with Crippen molar-refractivity contribution in [3.63, 3.8) is 0 Å². The molecule has 0 radical (unpaired) electrons. The molecule has 2 amide bonds. The predicted molar refractivity (Wildman–Crippen MR) is 89.2 cm³/mol. The molecule has 1 aromatic heterocycles. The number of carbonyl (C=O) groups excluding carboxylic acids is 2. The number of hydrazine groups is 1. The second-order valence-corrected chi connectivity index (χ2v) is 6.58. The maximum Gasteiger partial charge on any atom is 0.286 e. The lowest BCUT2D eigenvalue weighted by atomic mass is 10.3. The normalized spacial score (nSPS) is 10.9. The molecule has 0 unspecified atom stereocenters. The van der Waals surface area contributed by atoms with Gasteiger partial charge in [-0.25, -0.2) is 13.1 Å². The summed E-state index contributed by atoms with van der Waals surface area (Å²) in [7, 11) is -3.85. The van der Waals surface area contributed by atoms with Crippen molar-refractivity contribution in [1.82, 2.24) is 20.6 Å². The molecule has 0 bridgehead atoms. The summed E-state index contributed by atoms with van der Waals surface area (Å²) in [5.74, 6) is -0.714. The van der Waals surface area contributed by atoms with Crippen LogP contribution in [0.2, 0.25) is 0 Å². The summed E-state index contributed by atoms with van der Waals surface area (Å²) in [6.45, 7) is 1.76. The minimum Gasteiger partial charge on any atom is -0.494 e. The molecule has 0 aliphatic heterocycles. The highest BCUT2D eigenvalue weighted by atomic mass is 32.2. The highest BCUT2D eigenvalue weighted by Crippen LogP contribution is 2.15. The van der Waals surface area contributed by atoms with Gasteiger partial charge in [0, 0.05) is 6.20 Å². The Labute approximate surface area is 144 Å². The van der Waals surface area contributed by atoms with Crippen molar-refractivity contribution in [3.05, 3.63) is 48.3 Å². The van der Waals surface area contributed by atoms with E-state index in [0.717, 1.165) is 0 Å². The second-order valence-electron chi connectivity index (χ2n) is 4.82. The molecular weight excluding hydrogens is 348 g/mol. The molecule has 0 aliphatic carbocycles. The van der Waals surface area contributed by atoms with Crippen molar-refractivity contribution < 1.29 is 22.7 Å². The summed E-state index contributed by atoms with van der Waals surface area (Å²) in [5.41, 5.74) is 4.54. The van der Waals surface area contributed by atoms with Gasteiger partial charge in [0.15, 0.2) is 0 Å². The van der Waals surface area contributed by atoms with E-state index in [9.17, 15) is 18.0 Å². The van der Waals surface area contributed by atoms with Crippen LogP contribution in [0.1, 0.15) is 17.4 Å². The maximum absolute atomic E-state index is 12.1. The van der Waals surface area contributed by atoms with Gasteiger partial charge in [-0.3, -0.25) is 20.4 Å². The Morgan fingerprint density at radius 3 is 2.44 bits per heavy atom. The number of aromatic amines is 1. The van der Waals surface area contributed by atoms with E-state index in [4.69, 9.17) is 4.74 Å². The smallest absolute Gasteiger partial charge is 0.286 e. The minimum atomic E-state index is -3.85.